The molecule has 3 aromatic heterocycles. The van der Waals surface area contributed by atoms with Gasteiger partial charge in [-0.2, -0.15) is 13.2 Å². The summed E-state index contributed by atoms with van der Waals surface area (Å²) in [6.45, 7) is -0.0761. The molecule has 1 saturated carbocycles. The van der Waals surface area contributed by atoms with Gasteiger partial charge in [0.05, 0.1) is 13.7 Å². The summed E-state index contributed by atoms with van der Waals surface area (Å²) in [7, 11) is 1.35. The smallest absolute Gasteiger partial charge is 0.433 e. The van der Waals surface area contributed by atoms with E-state index in [-0.39, 0.29) is 41.2 Å². The SMILES string of the molecule is COc1ccc(-c2nc(C(=O)NC3CC(Cc4ccccn4)C3)c(CN)o2)c2ccc(C(F)(F)F)nc12. The van der Waals surface area contributed by atoms with Crippen molar-refractivity contribution in [3.8, 4) is 17.2 Å². The number of nitrogens with two attached hydrogens (primary N) is 1. The third-order valence-corrected chi connectivity index (χ3v) is 6.45. The van der Waals surface area contributed by atoms with Crippen molar-refractivity contribution >= 4 is 16.8 Å². The second-order valence-corrected chi connectivity index (χ2v) is 8.93. The minimum Gasteiger partial charge on any atom is -0.494 e. The van der Waals surface area contributed by atoms with Gasteiger partial charge >= 0.3 is 6.18 Å². The van der Waals surface area contributed by atoms with Crippen LogP contribution in [0.15, 0.2) is 53.1 Å². The molecule has 0 saturated heterocycles. The number of nitrogens with one attached hydrogen (secondary N) is 1. The van der Waals surface area contributed by atoms with Crippen LogP contribution in [-0.2, 0) is 19.1 Å². The topological polar surface area (TPSA) is 116 Å². The lowest BCUT2D eigenvalue weighted by molar-refractivity contribution is -0.140. The number of carbonyl (C=O) groups is 1. The van der Waals surface area contributed by atoms with E-state index in [1.807, 2.05) is 18.2 Å². The number of oxazole rings is 1. The first-order chi connectivity index (χ1) is 17.8. The first-order valence-corrected chi connectivity index (χ1v) is 11.7. The van der Waals surface area contributed by atoms with Crippen LogP contribution in [0.3, 0.4) is 0 Å². The van der Waals surface area contributed by atoms with E-state index in [0.717, 1.165) is 31.0 Å². The summed E-state index contributed by atoms with van der Waals surface area (Å²) < 4.78 is 50.7. The van der Waals surface area contributed by atoms with E-state index in [1.54, 1.807) is 12.3 Å². The molecule has 1 aliphatic carbocycles. The van der Waals surface area contributed by atoms with Gasteiger partial charge < -0.3 is 20.2 Å². The first kappa shape index (κ1) is 24.7. The van der Waals surface area contributed by atoms with Gasteiger partial charge in [0, 0.05) is 28.9 Å². The Kier molecular flexibility index (Phi) is 6.55. The molecule has 37 heavy (non-hydrogen) atoms. The highest BCUT2D eigenvalue weighted by atomic mass is 19.4. The van der Waals surface area contributed by atoms with E-state index in [1.165, 1.54) is 19.2 Å². The number of benzene rings is 1. The zero-order chi connectivity index (χ0) is 26.2. The zero-order valence-electron chi connectivity index (χ0n) is 19.9. The fraction of sp³-hybridized carbons (Fsp3) is 0.308. The van der Waals surface area contributed by atoms with Gasteiger partial charge in [0.15, 0.2) is 11.5 Å². The van der Waals surface area contributed by atoms with Crippen LogP contribution < -0.4 is 15.8 Å². The molecule has 1 aliphatic rings. The summed E-state index contributed by atoms with van der Waals surface area (Å²) in [5.74, 6) is 0.426. The third kappa shape index (κ3) is 4.99. The van der Waals surface area contributed by atoms with Crippen molar-refractivity contribution in [1.29, 1.82) is 0 Å². The number of ether oxygens (including phenoxy) is 1. The molecule has 4 aromatic rings. The molecule has 11 heteroatoms. The Morgan fingerprint density at radius 2 is 1.97 bits per heavy atom. The maximum Gasteiger partial charge on any atom is 0.433 e. The van der Waals surface area contributed by atoms with E-state index in [2.05, 4.69) is 20.3 Å². The molecule has 0 bridgehead atoms. The number of halogens is 3. The van der Waals surface area contributed by atoms with Crippen LogP contribution in [0.25, 0.3) is 22.4 Å². The summed E-state index contributed by atoms with van der Waals surface area (Å²) in [6, 6.07) is 11.0. The third-order valence-electron chi connectivity index (χ3n) is 6.45. The normalized spacial score (nSPS) is 17.4. The number of fused-ring (bicyclic) bond motifs is 1. The van der Waals surface area contributed by atoms with Gasteiger partial charge in [-0.15, -0.1) is 0 Å². The second-order valence-electron chi connectivity index (χ2n) is 8.93. The van der Waals surface area contributed by atoms with Crippen LogP contribution in [0.2, 0.25) is 0 Å². The zero-order valence-corrected chi connectivity index (χ0v) is 19.9. The molecule has 0 unspecified atom stereocenters. The van der Waals surface area contributed by atoms with Gasteiger partial charge in [0.1, 0.15) is 17.0 Å². The van der Waals surface area contributed by atoms with Crippen molar-refractivity contribution in [3.63, 3.8) is 0 Å². The molecule has 3 heterocycles. The number of alkyl halides is 3. The quantitative estimate of drug-likeness (QED) is 0.375. The number of hydrogen-bond acceptors (Lipinski definition) is 7. The molecule has 8 nitrogen and oxygen atoms in total. The second kappa shape index (κ2) is 9.81. The van der Waals surface area contributed by atoms with Crippen LogP contribution in [0.5, 0.6) is 5.75 Å². The summed E-state index contributed by atoms with van der Waals surface area (Å²) in [5.41, 5.74) is 6.20. The van der Waals surface area contributed by atoms with Gasteiger partial charge in [0.2, 0.25) is 5.89 Å². The Balaban J connectivity index is 1.37. The van der Waals surface area contributed by atoms with Crippen molar-refractivity contribution in [1.82, 2.24) is 20.3 Å². The number of methoxy groups -OCH3 is 1. The standard InChI is InChI=1S/C26H24F3N5O3/c1-36-19-7-5-18(17-6-8-21(26(27,28)29)33-22(17)19)25-34-23(20(13-30)37-25)24(35)32-16-11-14(12-16)10-15-4-2-3-9-31-15/h2-9,14,16H,10-13,30H2,1H3,(H,32,35). The molecule has 1 amide bonds. The maximum absolute atomic E-state index is 13.2. The Morgan fingerprint density at radius 1 is 1.16 bits per heavy atom. The monoisotopic (exact) mass is 511 g/mol. The molecule has 0 atom stereocenters. The summed E-state index contributed by atoms with van der Waals surface area (Å²) in [5, 5.41) is 3.31. The molecular weight excluding hydrogens is 487 g/mol. The van der Waals surface area contributed by atoms with E-state index in [4.69, 9.17) is 14.9 Å². The van der Waals surface area contributed by atoms with E-state index >= 15 is 0 Å². The highest BCUT2D eigenvalue weighted by Crippen LogP contribution is 2.37. The van der Waals surface area contributed by atoms with Gasteiger partial charge in [-0.1, -0.05) is 6.07 Å². The Bertz CT molecular complexity index is 1430. The predicted octanol–water partition coefficient (Wildman–Crippen LogP) is 4.52. The van der Waals surface area contributed by atoms with Gasteiger partial charge in [-0.25, -0.2) is 9.97 Å². The van der Waals surface area contributed by atoms with Crippen LogP contribution in [0.4, 0.5) is 13.2 Å². The molecule has 1 fully saturated rings. The average Bonchev–Trinajstić information content (AvgIpc) is 3.31. The molecule has 192 valence electrons. The fourth-order valence-corrected chi connectivity index (χ4v) is 4.57. The van der Waals surface area contributed by atoms with Crippen LogP contribution in [0.1, 0.15) is 40.5 Å². The first-order valence-electron chi connectivity index (χ1n) is 11.7. The van der Waals surface area contributed by atoms with Crippen molar-refractivity contribution in [2.24, 2.45) is 11.7 Å². The van der Waals surface area contributed by atoms with E-state index in [9.17, 15) is 18.0 Å². The highest BCUT2D eigenvalue weighted by Gasteiger charge is 2.34. The van der Waals surface area contributed by atoms with E-state index < -0.39 is 17.8 Å². The van der Waals surface area contributed by atoms with Crippen molar-refractivity contribution in [2.75, 3.05) is 7.11 Å². The number of rotatable bonds is 7. The molecule has 3 N–H and O–H groups in total. The fourth-order valence-electron chi connectivity index (χ4n) is 4.57. The number of nitrogens with zero attached hydrogens (tertiary/aromatic N) is 3. The number of hydrogen-bond donors (Lipinski definition) is 2. The minimum atomic E-state index is -4.62. The number of amides is 1. The van der Waals surface area contributed by atoms with Crippen molar-refractivity contribution < 1.29 is 27.1 Å². The molecule has 0 spiro atoms. The Hall–Kier alpha value is -3.99. The molecule has 5 rings (SSSR count). The predicted molar refractivity (Wildman–Crippen MR) is 129 cm³/mol. The molecular formula is C26H24F3N5O3. The largest absolute Gasteiger partial charge is 0.494 e. The molecule has 1 aromatic carbocycles. The minimum absolute atomic E-state index is 0.00112. The van der Waals surface area contributed by atoms with Gasteiger partial charge in [0.25, 0.3) is 5.91 Å². The number of pyridine rings is 2. The lowest BCUT2D eigenvalue weighted by Crippen LogP contribution is -2.45. The van der Waals surface area contributed by atoms with Crippen LogP contribution in [0, 0.1) is 5.92 Å². The molecule has 0 radical (unpaired) electrons. The summed E-state index contributed by atoms with van der Waals surface area (Å²) in [6.07, 6.45) is -0.359. The summed E-state index contributed by atoms with van der Waals surface area (Å²) in [4.78, 5) is 25.5. The van der Waals surface area contributed by atoms with E-state index in [0.29, 0.717) is 16.9 Å². The average molecular weight is 512 g/mol. The van der Waals surface area contributed by atoms with Gasteiger partial charge in [-0.3, -0.25) is 9.78 Å². The number of aromatic nitrogens is 3. The lowest BCUT2D eigenvalue weighted by Gasteiger charge is -2.35. The van der Waals surface area contributed by atoms with Crippen LogP contribution >= 0.6 is 0 Å². The van der Waals surface area contributed by atoms with Crippen molar-refractivity contribution in [2.45, 2.75) is 38.0 Å². The highest BCUT2D eigenvalue weighted by molar-refractivity contribution is 5.98. The molecule has 0 aliphatic heterocycles. The Labute approximate surface area is 210 Å². The Morgan fingerprint density at radius 3 is 2.65 bits per heavy atom. The van der Waals surface area contributed by atoms with Crippen molar-refractivity contribution in [3.05, 3.63) is 71.5 Å². The van der Waals surface area contributed by atoms with Crippen LogP contribution in [-0.4, -0.2) is 34.0 Å². The number of carbonyl (C=O) groups excluding carboxylic acids is 1. The van der Waals surface area contributed by atoms with Gasteiger partial charge in [-0.05, 0) is 61.6 Å². The summed E-state index contributed by atoms with van der Waals surface area (Å²) >= 11 is 0. The maximum atomic E-state index is 13.2. The lowest BCUT2D eigenvalue weighted by atomic mass is 9.77.